The largest absolute Gasteiger partial charge is 0.490 e. The van der Waals surface area contributed by atoms with E-state index >= 15 is 0 Å². The van der Waals surface area contributed by atoms with E-state index in [0.717, 1.165) is 10.0 Å². The highest BCUT2D eigenvalue weighted by Gasteiger charge is 2.18. The third kappa shape index (κ3) is 3.54. The second kappa shape index (κ2) is 7.20. The Hall–Kier alpha value is -3.20. The van der Waals surface area contributed by atoms with Crippen molar-refractivity contribution in [2.45, 2.75) is 0 Å². The van der Waals surface area contributed by atoms with Gasteiger partial charge < -0.3 is 20.5 Å². The molecule has 0 atom stereocenters. The van der Waals surface area contributed by atoms with Crippen molar-refractivity contribution in [3.8, 4) is 22.8 Å². The summed E-state index contributed by atoms with van der Waals surface area (Å²) in [6, 6.07) is 7.14. The zero-order chi connectivity index (χ0) is 18.8. The molecule has 1 aliphatic heterocycles. The Morgan fingerprint density at radius 3 is 2.89 bits per heavy atom. The fraction of sp³-hybridized carbons (Fsp3) is 0.111. The van der Waals surface area contributed by atoms with E-state index in [1.54, 1.807) is 12.3 Å². The molecule has 0 radical (unpaired) electrons. The van der Waals surface area contributed by atoms with Crippen molar-refractivity contribution < 1.29 is 14.3 Å². The summed E-state index contributed by atoms with van der Waals surface area (Å²) in [4.78, 5) is 25.3. The number of carbonyl (C=O) groups excluding carboxylic acids is 1. The summed E-state index contributed by atoms with van der Waals surface area (Å²) in [6.07, 6.45) is 4.58. The number of aromatic nitrogens is 3. The maximum atomic E-state index is 12.7. The molecule has 4 rings (SSSR count). The van der Waals surface area contributed by atoms with Crippen LogP contribution in [0.15, 0.2) is 47.3 Å². The van der Waals surface area contributed by atoms with Crippen molar-refractivity contribution in [1.29, 1.82) is 0 Å². The van der Waals surface area contributed by atoms with Crippen LogP contribution in [0.4, 0.5) is 11.5 Å². The topological polar surface area (TPSA) is 112 Å². The van der Waals surface area contributed by atoms with Gasteiger partial charge in [-0.05, 0) is 18.2 Å². The maximum Gasteiger partial charge on any atom is 0.278 e. The Morgan fingerprint density at radius 2 is 2.00 bits per heavy atom. The van der Waals surface area contributed by atoms with Gasteiger partial charge in [0.15, 0.2) is 11.5 Å². The second-order valence-electron chi connectivity index (χ2n) is 5.65. The summed E-state index contributed by atoms with van der Waals surface area (Å²) in [5.74, 6) is 0.644. The number of halogens is 1. The molecule has 1 aromatic carbocycles. The number of rotatable bonds is 0. The molecule has 1 aliphatic rings. The van der Waals surface area contributed by atoms with Crippen molar-refractivity contribution in [3.05, 3.63) is 53.0 Å². The lowest BCUT2D eigenvalue weighted by Gasteiger charge is -2.15. The number of nitrogens with one attached hydrogen (secondary N) is 1. The van der Waals surface area contributed by atoms with E-state index in [0.29, 0.717) is 36.1 Å². The van der Waals surface area contributed by atoms with Crippen LogP contribution in [0.1, 0.15) is 10.5 Å². The zero-order valence-electron chi connectivity index (χ0n) is 14.0. The highest BCUT2D eigenvalue weighted by atomic mass is 79.9. The summed E-state index contributed by atoms with van der Waals surface area (Å²) < 4.78 is 12.3. The number of fused-ring (bicyclic) bond motifs is 6. The molecule has 0 saturated heterocycles. The molecule has 3 aromatic rings. The molecule has 4 bridgehead atoms. The summed E-state index contributed by atoms with van der Waals surface area (Å²) in [7, 11) is 0. The first-order valence-electron chi connectivity index (χ1n) is 8.05. The average Bonchev–Trinajstić information content (AvgIpc) is 2.67. The molecule has 0 spiro atoms. The highest BCUT2D eigenvalue weighted by molar-refractivity contribution is 9.10. The van der Waals surface area contributed by atoms with E-state index in [4.69, 9.17) is 15.2 Å². The molecule has 27 heavy (non-hydrogen) atoms. The van der Waals surface area contributed by atoms with E-state index in [2.05, 4.69) is 36.2 Å². The lowest BCUT2D eigenvalue weighted by molar-refractivity contribution is 0.102. The minimum absolute atomic E-state index is 0.0117. The van der Waals surface area contributed by atoms with Crippen molar-refractivity contribution in [2.75, 3.05) is 24.3 Å². The molecule has 2 aromatic heterocycles. The van der Waals surface area contributed by atoms with Crippen molar-refractivity contribution in [1.82, 2.24) is 15.0 Å². The number of pyridine rings is 1. The summed E-state index contributed by atoms with van der Waals surface area (Å²) in [5.41, 5.74) is 7.52. The third-order valence-corrected chi connectivity index (χ3v) is 4.56. The molecular weight excluding hydrogens is 414 g/mol. The van der Waals surface area contributed by atoms with Gasteiger partial charge in [0.2, 0.25) is 0 Å². The van der Waals surface area contributed by atoms with Crippen molar-refractivity contribution in [3.63, 3.8) is 0 Å². The van der Waals surface area contributed by atoms with Gasteiger partial charge in [-0.2, -0.15) is 0 Å². The first-order chi connectivity index (χ1) is 13.1. The van der Waals surface area contributed by atoms with Crippen molar-refractivity contribution in [2.24, 2.45) is 0 Å². The quantitative estimate of drug-likeness (QED) is 0.566. The van der Waals surface area contributed by atoms with Gasteiger partial charge in [-0.3, -0.25) is 9.78 Å². The summed E-state index contributed by atoms with van der Waals surface area (Å²) in [6.45, 7) is 0.626. The van der Waals surface area contributed by atoms with E-state index in [1.165, 1.54) is 12.4 Å². The molecule has 136 valence electrons. The fourth-order valence-electron chi connectivity index (χ4n) is 2.58. The molecule has 0 saturated carbocycles. The molecule has 1 amide bonds. The minimum Gasteiger partial charge on any atom is -0.490 e. The number of amides is 1. The predicted molar refractivity (Wildman–Crippen MR) is 103 cm³/mol. The van der Waals surface area contributed by atoms with Gasteiger partial charge >= 0.3 is 0 Å². The number of nitrogen functional groups attached to an aromatic ring is 1. The van der Waals surface area contributed by atoms with E-state index in [-0.39, 0.29) is 11.5 Å². The second-order valence-corrected chi connectivity index (χ2v) is 6.51. The van der Waals surface area contributed by atoms with Gasteiger partial charge in [0.05, 0.1) is 18.1 Å². The van der Waals surface area contributed by atoms with Gasteiger partial charge in [0.1, 0.15) is 30.4 Å². The van der Waals surface area contributed by atoms with Crippen LogP contribution in [0.5, 0.6) is 11.5 Å². The van der Waals surface area contributed by atoms with E-state index < -0.39 is 5.91 Å². The number of hydrogen-bond donors (Lipinski definition) is 2. The van der Waals surface area contributed by atoms with Crippen LogP contribution in [-0.4, -0.2) is 34.1 Å². The smallest absolute Gasteiger partial charge is 0.278 e. The Morgan fingerprint density at radius 1 is 1.15 bits per heavy atom. The third-order valence-electron chi connectivity index (χ3n) is 3.87. The Bertz CT molecular complexity index is 1030. The van der Waals surface area contributed by atoms with Crippen LogP contribution >= 0.6 is 15.9 Å². The van der Waals surface area contributed by atoms with Gasteiger partial charge in [-0.15, -0.1) is 0 Å². The van der Waals surface area contributed by atoms with Gasteiger partial charge in [0, 0.05) is 22.3 Å². The molecule has 3 heterocycles. The van der Waals surface area contributed by atoms with Gasteiger partial charge in [-0.25, -0.2) is 9.97 Å². The first kappa shape index (κ1) is 17.2. The lowest BCUT2D eigenvalue weighted by atomic mass is 10.1. The lowest BCUT2D eigenvalue weighted by Crippen LogP contribution is -2.19. The predicted octanol–water partition coefficient (Wildman–Crippen LogP) is 2.91. The molecule has 9 heteroatoms. The molecule has 0 unspecified atom stereocenters. The number of nitrogens with zero attached hydrogens (tertiary/aromatic N) is 3. The monoisotopic (exact) mass is 427 g/mol. The van der Waals surface area contributed by atoms with E-state index in [1.807, 2.05) is 18.2 Å². The highest BCUT2D eigenvalue weighted by Crippen LogP contribution is 2.32. The number of ether oxygens (including phenoxy) is 2. The van der Waals surface area contributed by atoms with Crippen LogP contribution in [0.2, 0.25) is 0 Å². The van der Waals surface area contributed by atoms with E-state index in [9.17, 15) is 4.79 Å². The maximum absolute atomic E-state index is 12.7. The Labute approximate surface area is 162 Å². The van der Waals surface area contributed by atoms with Gasteiger partial charge in [-0.1, -0.05) is 15.9 Å². The minimum atomic E-state index is -0.500. The van der Waals surface area contributed by atoms with Crippen molar-refractivity contribution >= 4 is 33.3 Å². The number of hydrogen-bond acceptors (Lipinski definition) is 7. The summed E-state index contributed by atoms with van der Waals surface area (Å²) >= 11 is 3.49. The average molecular weight is 428 g/mol. The molecular formula is C18H14BrN5O3. The normalized spacial score (nSPS) is 13.4. The standard InChI is InChI=1S/C18H14BrN5O3/c19-12-2-1-10-7-11(12)13-9-22-17(20)16(23-13)18(25)24-14-8-21-4-3-15(14)27-6-5-26-10/h1-4,7-9H,5-6H2,(H2,20,22)(H,24,25). The molecule has 8 nitrogen and oxygen atoms in total. The van der Waals surface area contributed by atoms with Crippen LogP contribution in [-0.2, 0) is 0 Å². The Kier molecular flexibility index (Phi) is 4.59. The van der Waals surface area contributed by atoms with Crippen LogP contribution < -0.4 is 20.5 Å². The number of carbonyl (C=O) groups is 1. The molecule has 0 aliphatic carbocycles. The van der Waals surface area contributed by atoms with Crippen LogP contribution in [0.3, 0.4) is 0 Å². The zero-order valence-corrected chi connectivity index (χ0v) is 15.6. The number of benzene rings is 1. The first-order valence-corrected chi connectivity index (χ1v) is 8.84. The van der Waals surface area contributed by atoms with Gasteiger partial charge in [0.25, 0.3) is 5.91 Å². The fourth-order valence-corrected chi connectivity index (χ4v) is 3.03. The molecule has 0 fully saturated rings. The van der Waals surface area contributed by atoms with Crippen LogP contribution in [0, 0.1) is 0 Å². The number of anilines is 2. The number of nitrogens with two attached hydrogens (primary N) is 1. The summed E-state index contributed by atoms with van der Waals surface area (Å²) in [5, 5.41) is 2.72. The Balaban J connectivity index is 1.84. The van der Waals surface area contributed by atoms with Crippen LogP contribution in [0.25, 0.3) is 11.3 Å². The molecule has 3 N–H and O–H groups in total. The SMILES string of the molecule is Nc1ncc2nc1C(=O)Nc1cnccc1OCCOc1ccc(Br)c-2c1.